The van der Waals surface area contributed by atoms with Crippen molar-refractivity contribution in [3.8, 4) is 11.5 Å². The molecular weight excluding hydrogens is 320 g/mol. The molecule has 0 saturated carbocycles. The quantitative estimate of drug-likeness (QED) is 0.215. The number of allylic oxidation sites excluding steroid dienone is 2. The maximum Gasteiger partial charge on any atom is 0.126 e. The van der Waals surface area contributed by atoms with Crippen molar-refractivity contribution >= 4 is 0 Å². The van der Waals surface area contributed by atoms with E-state index in [4.69, 9.17) is 9.47 Å². The minimum Gasteiger partial charge on any atom is -0.493 e. The molecule has 0 N–H and O–H groups in total. The number of rotatable bonds is 17. The Morgan fingerprint density at radius 3 is 2.15 bits per heavy atom. The second kappa shape index (κ2) is 15.5. The summed E-state index contributed by atoms with van der Waals surface area (Å²) in [4.78, 5) is 0. The summed E-state index contributed by atoms with van der Waals surface area (Å²) in [6.45, 7) is 11.3. The Morgan fingerprint density at radius 2 is 1.50 bits per heavy atom. The minimum atomic E-state index is 0.752. The first-order valence-corrected chi connectivity index (χ1v) is 10.4. The Balaban J connectivity index is 2.56. The number of hydrogen-bond acceptors (Lipinski definition) is 2. The normalized spacial score (nSPS) is 10.5. The van der Waals surface area contributed by atoms with Gasteiger partial charge in [-0.3, -0.25) is 0 Å². The molecule has 0 aliphatic rings. The van der Waals surface area contributed by atoms with Crippen molar-refractivity contribution in [3.63, 3.8) is 0 Å². The number of unbranched alkanes of at least 4 members (excludes halogenated alkanes) is 7. The van der Waals surface area contributed by atoms with Crippen LogP contribution in [0.2, 0.25) is 0 Å². The Labute approximate surface area is 161 Å². The number of aryl methyl sites for hydroxylation is 1. The van der Waals surface area contributed by atoms with Crippen molar-refractivity contribution in [2.75, 3.05) is 13.2 Å². The predicted molar refractivity (Wildman–Crippen MR) is 113 cm³/mol. The van der Waals surface area contributed by atoms with Gasteiger partial charge in [-0.2, -0.15) is 0 Å². The summed E-state index contributed by atoms with van der Waals surface area (Å²) in [6.07, 6.45) is 16.6. The summed E-state index contributed by atoms with van der Waals surface area (Å²) in [7, 11) is 0. The second-order valence-corrected chi connectivity index (χ2v) is 6.85. The Morgan fingerprint density at radius 1 is 0.808 bits per heavy atom. The fourth-order valence-corrected chi connectivity index (χ4v) is 2.86. The summed E-state index contributed by atoms with van der Waals surface area (Å²) in [5.41, 5.74) is 1.31. The Bertz CT molecular complexity index is 493. The zero-order valence-corrected chi connectivity index (χ0v) is 16.8. The molecular formula is C24H38O2. The van der Waals surface area contributed by atoms with Gasteiger partial charge in [0.1, 0.15) is 11.5 Å². The number of benzene rings is 1. The third-order valence-electron chi connectivity index (χ3n) is 4.47. The van der Waals surface area contributed by atoms with Crippen molar-refractivity contribution in [1.82, 2.24) is 0 Å². The molecule has 26 heavy (non-hydrogen) atoms. The van der Waals surface area contributed by atoms with E-state index in [9.17, 15) is 0 Å². The smallest absolute Gasteiger partial charge is 0.126 e. The van der Waals surface area contributed by atoms with E-state index >= 15 is 0 Å². The van der Waals surface area contributed by atoms with E-state index < -0.39 is 0 Å². The van der Waals surface area contributed by atoms with Crippen LogP contribution in [0.4, 0.5) is 0 Å². The number of hydrogen-bond donors (Lipinski definition) is 0. The van der Waals surface area contributed by atoms with Crippen molar-refractivity contribution in [2.24, 2.45) is 0 Å². The molecule has 1 rings (SSSR count). The SMILES string of the molecule is C=CCCCCOc1ccc(CCCCCC)c(OCCCCC=C)c1. The maximum absolute atomic E-state index is 6.10. The monoisotopic (exact) mass is 358 g/mol. The molecule has 0 radical (unpaired) electrons. The van der Waals surface area contributed by atoms with Crippen molar-refractivity contribution in [2.45, 2.75) is 77.6 Å². The van der Waals surface area contributed by atoms with E-state index in [0.717, 1.165) is 69.7 Å². The lowest BCUT2D eigenvalue weighted by Gasteiger charge is -2.14. The van der Waals surface area contributed by atoms with E-state index in [0.29, 0.717) is 0 Å². The fraction of sp³-hybridized carbons (Fsp3) is 0.583. The van der Waals surface area contributed by atoms with E-state index in [1.807, 2.05) is 12.2 Å². The van der Waals surface area contributed by atoms with Gasteiger partial charge in [-0.25, -0.2) is 0 Å². The van der Waals surface area contributed by atoms with Gasteiger partial charge in [0.25, 0.3) is 0 Å². The summed E-state index contributed by atoms with van der Waals surface area (Å²) >= 11 is 0. The highest BCUT2D eigenvalue weighted by molar-refractivity contribution is 5.41. The van der Waals surface area contributed by atoms with Gasteiger partial charge >= 0.3 is 0 Å². The molecule has 2 nitrogen and oxygen atoms in total. The van der Waals surface area contributed by atoms with Gasteiger partial charge in [0.2, 0.25) is 0 Å². The molecule has 0 aliphatic carbocycles. The van der Waals surface area contributed by atoms with E-state index in [1.165, 1.54) is 31.2 Å². The van der Waals surface area contributed by atoms with Crippen LogP contribution in [0.1, 0.15) is 76.7 Å². The summed E-state index contributed by atoms with van der Waals surface area (Å²) in [5.74, 6) is 1.92. The van der Waals surface area contributed by atoms with Crippen molar-refractivity contribution in [3.05, 3.63) is 49.1 Å². The summed E-state index contributed by atoms with van der Waals surface area (Å²) in [5, 5.41) is 0. The van der Waals surface area contributed by atoms with Crippen LogP contribution >= 0.6 is 0 Å². The molecule has 0 unspecified atom stereocenters. The average Bonchev–Trinajstić information content (AvgIpc) is 2.66. The van der Waals surface area contributed by atoms with Crippen LogP contribution in [-0.4, -0.2) is 13.2 Å². The number of ether oxygens (including phenoxy) is 2. The lowest BCUT2D eigenvalue weighted by Crippen LogP contribution is -2.02. The zero-order chi connectivity index (χ0) is 18.9. The molecule has 1 aromatic rings. The molecule has 146 valence electrons. The van der Waals surface area contributed by atoms with Crippen LogP contribution in [0.3, 0.4) is 0 Å². The zero-order valence-electron chi connectivity index (χ0n) is 16.8. The highest BCUT2D eigenvalue weighted by Crippen LogP contribution is 2.27. The van der Waals surface area contributed by atoms with Gasteiger partial charge in [-0.1, -0.05) is 44.4 Å². The van der Waals surface area contributed by atoms with E-state index in [-0.39, 0.29) is 0 Å². The van der Waals surface area contributed by atoms with Gasteiger partial charge in [-0.15, -0.1) is 13.2 Å². The fourth-order valence-electron chi connectivity index (χ4n) is 2.86. The molecule has 1 aromatic carbocycles. The molecule has 0 aliphatic heterocycles. The predicted octanol–water partition coefficient (Wildman–Crippen LogP) is 7.28. The third-order valence-corrected chi connectivity index (χ3v) is 4.47. The molecule has 0 saturated heterocycles. The highest BCUT2D eigenvalue weighted by Gasteiger charge is 2.07. The standard InChI is InChI=1S/C24H38O2/c1-4-7-10-13-16-22-17-18-23(25-19-14-11-8-5-2)21-24(22)26-20-15-12-9-6-3/h5-6,17-18,21H,2-4,7-16,19-20H2,1H3. The lowest BCUT2D eigenvalue weighted by molar-refractivity contribution is 0.290. The van der Waals surface area contributed by atoms with Crippen LogP contribution in [0.15, 0.2) is 43.5 Å². The van der Waals surface area contributed by atoms with Crippen molar-refractivity contribution < 1.29 is 9.47 Å². The molecule has 2 heteroatoms. The maximum atomic E-state index is 6.10. The third kappa shape index (κ3) is 10.3. The van der Waals surface area contributed by atoms with Crippen LogP contribution in [0, 0.1) is 0 Å². The van der Waals surface area contributed by atoms with Crippen molar-refractivity contribution in [1.29, 1.82) is 0 Å². The molecule has 0 heterocycles. The van der Waals surface area contributed by atoms with E-state index in [2.05, 4.69) is 38.3 Å². The average molecular weight is 359 g/mol. The molecule has 0 bridgehead atoms. The van der Waals surface area contributed by atoms with Crippen LogP contribution < -0.4 is 9.47 Å². The van der Waals surface area contributed by atoms with Gasteiger partial charge in [0.05, 0.1) is 13.2 Å². The molecule has 0 aromatic heterocycles. The lowest BCUT2D eigenvalue weighted by atomic mass is 10.0. The van der Waals surface area contributed by atoms with Crippen LogP contribution in [0.5, 0.6) is 11.5 Å². The van der Waals surface area contributed by atoms with Gasteiger partial charge in [0, 0.05) is 6.07 Å². The van der Waals surface area contributed by atoms with Crippen LogP contribution in [0.25, 0.3) is 0 Å². The largest absolute Gasteiger partial charge is 0.493 e. The molecule has 0 spiro atoms. The molecule has 0 fully saturated rings. The summed E-state index contributed by atoms with van der Waals surface area (Å²) < 4.78 is 12.0. The molecule has 0 amide bonds. The first kappa shape index (κ1) is 22.3. The Kier molecular flexibility index (Phi) is 13.4. The first-order chi connectivity index (χ1) is 12.8. The van der Waals surface area contributed by atoms with Gasteiger partial charge in [-0.05, 0) is 63.0 Å². The minimum absolute atomic E-state index is 0.752. The summed E-state index contributed by atoms with van der Waals surface area (Å²) in [6, 6.07) is 6.35. The second-order valence-electron chi connectivity index (χ2n) is 6.85. The van der Waals surface area contributed by atoms with E-state index in [1.54, 1.807) is 0 Å². The van der Waals surface area contributed by atoms with Gasteiger partial charge < -0.3 is 9.47 Å². The highest BCUT2D eigenvalue weighted by atomic mass is 16.5. The van der Waals surface area contributed by atoms with Crippen LogP contribution in [-0.2, 0) is 6.42 Å². The molecule has 0 atom stereocenters. The first-order valence-electron chi connectivity index (χ1n) is 10.4. The Hall–Kier alpha value is -1.70. The topological polar surface area (TPSA) is 18.5 Å². The van der Waals surface area contributed by atoms with Gasteiger partial charge in [0.15, 0.2) is 0 Å².